The van der Waals surface area contributed by atoms with Gasteiger partial charge in [0.1, 0.15) is 0 Å². The van der Waals surface area contributed by atoms with Crippen LogP contribution < -0.4 is 5.32 Å². The number of carbonyl (C=O) groups is 1. The molecule has 0 aromatic heterocycles. The normalized spacial score (nSPS) is 18.9. The quantitative estimate of drug-likeness (QED) is 0.711. The first-order valence-corrected chi connectivity index (χ1v) is 6.61. The van der Waals surface area contributed by atoms with E-state index in [1.54, 1.807) is 0 Å². The highest BCUT2D eigenvalue weighted by atomic mass is 16.3. The second kappa shape index (κ2) is 6.65. The predicted molar refractivity (Wildman–Crippen MR) is 72.9 cm³/mol. The lowest BCUT2D eigenvalue weighted by Crippen LogP contribution is -2.46. The molecule has 0 saturated heterocycles. The number of anilines is 1. The Morgan fingerprint density at radius 3 is 2.58 bits per heavy atom. The molecule has 5 heteroatoms. The number of hydrogen-bond donors (Lipinski definition) is 3. The van der Waals surface area contributed by atoms with E-state index in [2.05, 4.69) is 5.32 Å². The molecular formula is C14H20N2O3. The molecule has 5 nitrogen and oxygen atoms in total. The molecule has 1 aromatic carbocycles. The molecule has 0 fully saturated rings. The molecule has 0 radical (unpaired) electrons. The van der Waals surface area contributed by atoms with E-state index >= 15 is 0 Å². The smallest absolute Gasteiger partial charge is 0.241 e. The summed E-state index contributed by atoms with van der Waals surface area (Å²) in [5.41, 5.74) is 1.99. The number of nitrogens with zero attached hydrogens (tertiary/aromatic N) is 1. The minimum atomic E-state index is -0.299. The Morgan fingerprint density at radius 1 is 1.21 bits per heavy atom. The molecular weight excluding hydrogens is 244 g/mol. The summed E-state index contributed by atoms with van der Waals surface area (Å²) in [6, 6.07) is 7.48. The molecule has 0 spiro atoms. The predicted octanol–water partition coefficient (Wildman–Crippen LogP) is 0.227. The minimum absolute atomic E-state index is 0.0171. The minimum Gasteiger partial charge on any atom is -0.395 e. The fraction of sp³-hybridized carbons (Fsp3) is 0.500. The summed E-state index contributed by atoms with van der Waals surface area (Å²) in [7, 11) is 0. The fourth-order valence-electron chi connectivity index (χ4n) is 2.53. The molecule has 1 aliphatic heterocycles. The fourth-order valence-corrected chi connectivity index (χ4v) is 2.53. The summed E-state index contributed by atoms with van der Waals surface area (Å²) >= 11 is 0. The molecule has 1 aliphatic rings. The van der Waals surface area contributed by atoms with Crippen molar-refractivity contribution in [2.45, 2.75) is 18.9 Å². The van der Waals surface area contributed by atoms with Gasteiger partial charge in [-0.2, -0.15) is 0 Å². The summed E-state index contributed by atoms with van der Waals surface area (Å²) in [4.78, 5) is 14.1. The number of rotatable bonds is 5. The third-order valence-corrected chi connectivity index (χ3v) is 3.48. The van der Waals surface area contributed by atoms with E-state index < -0.39 is 0 Å². The van der Waals surface area contributed by atoms with Crippen molar-refractivity contribution in [3.8, 4) is 0 Å². The molecule has 1 atom stereocenters. The van der Waals surface area contributed by atoms with E-state index in [1.165, 1.54) is 0 Å². The lowest BCUT2D eigenvalue weighted by Gasteiger charge is -2.28. The Hall–Kier alpha value is -1.43. The van der Waals surface area contributed by atoms with Gasteiger partial charge in [-0.05, 0) is 24.5 Å². The Kier molecular flexibility index (Phi) is 4.90. The lowest BCUT2D eigenvalue weighted by molar-refractivity contribution is -0.121. The van der Waals surface area contributed by atoms with Crippen molar-refractivity contribution in [3.05, 3.63) is 29.8 Å². The van der Waals surface area contributed by atoms with E-state index in [9.17, 15) is 4.79 Å². The summed E-state index contributed by atoms with van der Waals surface area (Å²) < 4.78 is 0. The SMILES string of the molecule is O=C1Nc2ccccc2CCC1N(CCO)CCO. The number of benzene rings is 1. The zero-order chi connectivity index (χ0) is 13.7. The first kappa shape index (κ1) is 14.0. The Bertz CT molecular complexity index is 430. The van der Waals surface area contributed by atoms with E-state index in [0.29, 0.717) is 19.5 Å². The van der Waals surface area contributed by atoms with Gasteiger partial charge in [0.2, 0.25) is 5.91 Å². The topological polar surface area (TPSA) is 72.8 Å². The number of hydrogen-bond acceptors (Lipinski definition) is 4. The monoisotopic (exact) mass is 264 g/mol. The Morgan fingerprint density at radius 2 is 1.89 bits per heavy atom. The highest BCUT2D eigenvalue weighted by molar-refractivity contribution is 5.96. The van der Waals surface area contributed by atoms with Gasteiger partial charge in [-0.3, -0.25) is 9.69 Å². The molecule has 0 aliphatic carbocycles. The van der Waals surface area contributed by atoms with Gasteiger partial charge in [0.15, 0.2) is 0 Å². The van der Waals surface area contributed by atoms with Crippen LogP contribution in [0.25, 0.3) is 0 Å². The van der Waals surface area contributed by atoms with Crippen LogP contribution in [0.2, 0.25) is 0 Å². The van der Waals surface area contributed by atoms with Crippen LogP contribution in [-0.4, -0.2) is 53.4 Å². The maximum atomic E-state index is 12.3. The van der Waals surface area contributed by atoms with Gasteiger partial charge in [0, 0.05) is 18.8 Å². The third-order valence-electron chi connectivity index (χ3n) is 3.48. The summed E-state index contributed by atoms with van der Waals surface area (Å²) in [6.45, 7) is 0.761. The first-order chi connectivity index (χ1) is 9.26. The molecule has 0 saturated carbocycles. The summed E-state index contributed by atoms with van der Waals surface area (Å²) in [5, 5.41) is 21.1. The van der Waals surface area contributed by atoms with Crippen molar-refractivity contribution in [2.75, 3.05) is 31.6 Å². The number of para-hydroxylation sites is 1. The Labute approximate surface area is 112 Å². The van der Waals surface area contributed by atoms with Crippen LogP contribution in [-0.2, 0) is 11.2 Å². The van der Waals surface area contributed by atoms with Gasteiger partial charge in [-0.1, -0.05) is 18.2 Å². The maximum absolute atomic E-state index is 12.3. The van der Waals surface area contributed by atoms with Crippen LogP contribution in [0.4, 0.5) is 5.69 Å². The van der Waals surface area contributed by atoms with Gasteiger partial charge in [-0.15, -0.1) is 0 Å². The number of aryl methyl sites for hydroxylation is 1. The van der Waals surface area contributed by atoms with Crippen molar-refractivity contribution < 1.29 is 15.0 Å². The average molecular weight is 264 g/mol. The average Bonchev–Trinajstić information content (AvgIpc) is 2.57. The number of amides is 1. The van der Waals surface area contributed by atoms with Crippen molar-refractivity contribution >= 4 is 11.6 Å². The number of fused-ring (bicyclic) bond motifs is 1. The van der Waals surface area contributed by atoms with Crippen LogP contribution in [0.15, 0.2) is 24.3 Å². The maximum Gasteiger partial charge on any atom is 0.241 e. The largest absolute Gasteiger partial charge is 0.395 e. The van der Waals surface area contributed by atoms with Gasteiger partial charge >= 0.3 is 0 Å². The molecule has 1 aromatic rings. The van der Waals surface area contributed by atoms with E-state index in [4.69, 9.17) is 10.2 Å². The summed E-state index contributed by atoms with van der Waals surface area (Å²) in [5.74, 6) is -0.0631. The molecule has 2 rings (SSSR count). The summed E-state index contributed by atoms with van der Waals surface area (Å²) in [6.07, 6.45) is 1.51. The molecule has 104 valence electrons. The second-order valence-electron chi connectivity index (χ2n) is 4.68. The zero-order valence-electron chi connectivity index (χ0n) is 10.9. The first-order valence-electron chi connectivity index (χ1n) is 6.61. The molecule has 1 heterocycles. The van der Waals surface area contributed by atoms with Gasteiger partial charge < -0.3 is 15.5 Å². The number of aliphatic hydroxyl groups excluding tert-OH is 2. The van der Waals surface area contributed by atoms with Crippen molar-refractivity contribution in [1.29, 1.82) is 0 Å². The van der Waals surface area contributed by atoms with Crippen LogP contribution in [0.1, 0.15) is 12.0 Å². The van der Waals surface area contributed by atoms with Crippen molar-refractivity contribution in [2.24, 2.45) is 0 Å². The molecule has 1 amide bonds. The standard InChI is InChI=1S/C14H20N2O3/c17-9-7-16(8-10-18)13-6-5-11-3-1-2-4-12(11)15-14(13)19/h1-4,13,17-18H,5-10H2,(H,15,19). The van der Waals surface area contributed by atoms with Gasteiger partial charge in [-0.25, -0.2) is 0 Å². The van der Waals surface area contributed by atoms with Crippen LogP contribution in [0, 0.1) is 0 Å². The van der Waals surface area contributed by atoms with E-state index in [-0.39, 0.29) is 25.2 Å². The van der Waals surface area contributed by atoms with E-state index in [1.807, 2.05) is 29.2 Å². The van der Waals surface area contributed by atoms with Crippen molar-refractivity contribution in [3.63, 3.8) is 0 Å². The van der Waals surface area contributed by atoms with Crippen molar-refractivity contribution in [1.82, 2.24) is 4.90 Å². The Balaban J connectivity index is 2.14. The highest BCUT2D eigenvalue weighted by Crippen LogP contribution is 2.23. The number of carbonyl (C=O) groups excluding carboxylic acids is 1. The zero-order valence-corrected chi connectivity index (χ0v) is 10.9. The molecule has 1 unspecified atom stereocenters. The van der Waals surface area contributed by atoms with E-state index in [0.717, 1.165) is 17.7 Å². The van der Waals surface area contributed by atoms with Crippen LogP contribution in [0.5, 0.6) is 0 Å². The second-order valence-corrected chi connectivity index (χ2v) is 4.68. The van der Waals surface area contributed by atoms with Gasteiger partial charge in [0.05, 0.1) is 19.3 Å². The van der Waals surface area contributed by atoms with Gasteiger partial charge in [0.25, 0.3) is 0 Å². The van der Waals surface area contributed by atoms with Crippen LogP contribution in [0.3, 0.4) is 0 Å². The third kappa shape index (κ3) is 3.32. The molecule has 0 bridgehead atoms. The number of nitrogens with one attached hydrogen (secondary N) is 1. The van der Waals surface area contributed by atoms with Crippen LogP contribution >= 0.6 is 0 Å². The lowest BCUT2D eigenvalue weighted by atomic mass is 10.0. The number of aliphatic hydroxyl groups is 2. The molecule has 19 heavy (non-hydrogen) atoms. The molecule has 3 N–H and O–H groups in total. The highest BCUT2D eigenvalue weighted by Gasteiger charge is 2.28.